The van der Waals surface area contributed by atoms with Crippen LogP contribution in [0.5, 0.6) is 0 Å². The van der Waals surface area contributed by atoms with Crippen LogP contribution >= 0.6 is 15.9 Å². The van der Waals surface area contributed by atoms with E-state index in [2.05, 4.69) is 21.2 Å². The van der Waals surface area contributed by atoms with Gasteiger partial charge in [0.05, 0.1) is 0 Å². The monoisotopic (exact) mass is 364 g/mol. The molecular weight excluding hydrogens is 345 g/mol. The van der Waals surface area contributed by atoms with E-state index in [1.54, 1.807) is 19.9 Å². The van der Waals surface area contributed by atoms with Gasteiger partial charge in [0, 0.05) is 28.8 Å². The zero-order valence-electron chi connectivity index (χ0n) is 12.2. The lowest BCUT2D eigenvalue weighted by atomic mass is 10.1. The minimum absolute atomic E-state index is 0.222. The van der Waals surface area contributed by atoms with Crippen LogP contribution in [0.4, 0.5) is 18.9 Å². The molecule has 1 aromatic carbocycles. The molecule has 1 aliphatic carbocycles. The van der Waals surface area contributed by atoms with Gasteiger partial charge in [-0.05, 0) is 44.4 Å². The second-order valence-corrected chi connectivity index (χ2v) is 6.68. The first-order valence-corrected chi connectivity index (χ1v) is 7.91. The summed E-state index contributed by atoms with van der Waals surface area (Å²) in [7, 11) is 0. The SMILES string of the molecule is CC(C)N(CC(F)(F)F)c1cc(Br)ccc1CNC1CC1. The number of rotatable bonds is 6. The third-order valence-electron chi connectivity index (χ3n) is 3.49. The molecule has 21 heavy (non-hydrogen) atoms. The number of nitrogens with zero attached hydrogens (tertiary/aromatic N) is 1. The maximum Gasteiger partial charge on any atom is 0.405 e. The molecule has 0 unspecified atom stereocenters. The van der Waals surface area contributed by atoms with E-state index in [-0.39, 0.29) is 6.04 Å². The third kappa shape index (κ3) is 5.18. The molecule has 0 heterocycles. The Morgan fingerprint density at radius 2 is 2.00 bits per heavy atom. The average molecular weight is 365 g/mol. The fraction of sp³-hybridized carbons (Fsp3) is 0.600. The van der Waals surface area contributed by atoms with Gasteiger partial charge in [0.1, 0.15) is 6.54 Å². The molecule has 0 amide bonds. The van der Waals surface area contributed by atoms with Crippen LogP contribution in [0, 0.1) is 0 Å². The first-order valence-electron chi connectivity index (χ1n) is 7.11. The predicted octanol–water partition coefficient (Wildman–Crippen LogP) is 4.48. The summed E-state index contributed by atoms with van der Waals surface area (Å²) in [5.41, 5.74) is 1.55. The lowest BCUT2D eigenvalue weighted by molar-refractivity contribution is -0.120. The molecule has 0 aliphatic heterocycles. The molecular formula is C15H20BrF3N2. The van der Waals surface area contributed by atoms with E-state index in [0.717, 1.165) is 22.9 Å². The normalized spacial score (nSPS) is 15.6. The molecule has 1 fully saturated rings. The molecule has 1 aliphatic rings. The van der Waals surface area contributed by atoms with Gasteiger partial charge < -0.3 is 10.2 Å². The molecule has 0 aromatic heterocycles. The first-order chi connectivity index (χ1) is 9.76. The number of anilines is 1. The largest absolute Gasteiger partial charge is 0.405 e. The summed E-state index contributed by atoms with van der Waals surface area (Å²) in [4.78, 5) is 1.41. The zero-order chi connectivity index (χ0) is 15.6. The van der Waals surface area contributed by atoms with E-state index >= 15 is 0 Å². The first kappa shape index (κ1) is 16.6. The highest BCUT2D eigenvalue weighted by atomic mass is 79.9. The van der Waals surface area contributed by atoms with E-state index in [1.165, 1.54) is 4.90 Å². The highest BCUT2D eigenvalue weighted by Crippen LogP contribution is 2.30. The molecule has 0 atom stereocenters. The highest BCUT2D eigenvalue weighted by Gasteiger charge is 2.33. The van der Waals surface area contributed by atoms with Gasteiger partial charge in [0.25, 0.3) is 0 Å². The van der Waals surface area contributed by atoms with Crippen LogP contribution < -0.4 is 10.2 Å². The summed E-state index contributed by atoms with van der Waals surface area (Å²) in [5.74, 6) is 0. The predicted molar refractivity (Wildman–Crippen MR) is 82.5 cm³/mol. The van der Waals surface area contributed by atoms with Gasteiger partial charge in [-0.15, -0.1) is 0 Å². The molecule has 2 nitrogen and oxygen atoms in total. The topological polar surface area (TPSA) is 15.3 Å². The summed E-state index contributed by atoms with van der Waals surface area (Å²) in [6.45, 7) is 3.24. The molecule has 0 bridgehead atoms. The molecule has 0 spiro atoms. The summed E-state index contributed by atoms with van der Waals surface area (Å²) in [5, 5.41) is 3.37. The van der Waals surface area contributed by atoms with E-state index < -0.39 is 12.7 Å². The lowest BCUT2D eigenvalue weighted by Gasteiger charge is -2.32. The zero-order valence-corrected chi connectivity index (χ0v) is 13.8. The number of nitrogens with one attached hydrogen (secondary N) is 1. The number of alkyl halides is 3. The molecule has 0 radical (unpaired) electrons. The fourth-order valence-corrected chi connectivity index (χ4v) is 2.58. The number of hydrogen-bond acceptors (Lipinski definition) is 2. The van der Waals surface area contributed by atoms with Crippen LogP contribution in [0.1, 0.15) is 32.3 Å². The van der Waals surface area contributed by atoms with Crippen molar-refractivity contribution in [1.29, 1.82) is 0 Å². The van der Waals surface area contributed by atoms with Gasteiger partial charge >= 0.3 is 6.18 Å². The van der Waals surface area contributed by atoms with Crippen molar-refractivity contribution in [3.05, 3.63) is 28.2 Å². The van der Waals surface area contributed by atoms with Crippen LogP contribution in [0.25, 0.3) is 0 Å². The van der Waals surface area contributed by atoms with Crippen LogP contribution in [0.15, 0.2) is 22.7 Å². The van der Waals surface area contributed by atoms with Crippen molar-refractivity contribution >= 4 is 21.6 Å². The summed E-state index contributed by atoms with van der Waals surface area (Å²) >= 11 is 3.36. The Bertz CT molecular complexity index is 484. The Morgan fingerprint density at radius 1 is 1.33 bits per heavy atom. The van der Waals surface area contributed by atoms with Crippen molar-refractivity contribution in [3.8, 4) is 0 Å². The van der Waals surface area contributed by atoms with Crippen LogP contribution in [-0.4, -0.2) is 24.8 Å². The smallest absolute Gasteiger partial charge is 0.360 e. The van der Waals surface area contributed by atoms with Crippen LogP contribution in [0.2, 0.25) is 0 Å². The highest BCUT2D eigenvalue weighted by molar-refractivity contribution is 9.10. The maximum atomic E-state index is 12.8. The van der Waals surface area contributed by atoms with E-state index in [4.69, 9.17) is 0 Å². The van der Waals surface area contributed by atoms with Gasteiger partial charge in [0.2, 0.25) is 0 Å². The van der Waals surface area contributed by atoms with Crippen LogP contribution in [0.3, 0.4) is 0 Å². The maximum absolute atomic E-state index is 12.8. The Morgan fingerprint density at radius 3 is 2.52 bits per heavy atom. The minimum atomic E-state index is -4.21. The van der Waals surface area contributed by atoms with Crippen molar-refractivity contribution in [3.63, 3.8) is 0 Å². The average Bonchev–Trinajstić information content (AvgIpc) is 3.17. The Kier molecular flexibility index (Phi) is 5.20. The summed E-state index contributed by atoms with van der Waals surface area (Å²) in [6.07, 6.45) is -1.90. The molecule has 0 saturated heterocycles. The van der Waals surface area contributed by atoms with Crippen molar-refractivity contribution in [2.75, 3.05) is 11.4 Å². The second-order valence-electron chi connectivity index (χ2n) is 5.77. The Balaban J connectivity index is 2.25. The quantitative estimate of drug-likeness (QED) is 0.800. The molecule has 118 valence electrons. The molecule has 2 rings (SSSR count). The van der Waals surface area contributed by atoms with Gasteiger partial charge in [0.15, 0.2) is 0 Å². The molecule has 6 heteroatoms. The number of hydrogen-bond donors (Lipinski definition) is 1. The standard InChI is InChI=1S/C15H20BrF3N2/c1-10(2)21(9-15(17,18)19)14-7-12(16)4-3-11(14)8-20-13-5-6-13/h3-4,7,10,13,20H,5-6,8-9H2,1-2H3. The fourth-order valence-electron chi connectivity index (χ4n) is 2.23. The minimum Gasteiger partial charge on any atom is -0.360 e. The van der Waals surface area contributed by atoms with Gasteiger partial charge in [-0.3, -0.25) is 0 Å². The molecule has 1 saturated carbocycles. The molecule has 1 aromatic rings. The van der Waals surface area contributed by atoms with Crippen molar-refractivity contribution in [2.45, 2.75) is 51.5 Å². The lowest BCUT2D eigenvalue weighted by Crippen LogP contribution is -2.40. The van der Waals surface area contributed by atoms with Crippen molar-refractivity contribution in [2.24, 2.45) is 0 Å². The van der Waals surface area contributed by atoms with E-state index in [9.17, 15) is 13.2 Å². The van der Waals surface area contributed by atoms with Gasteiger partial charge in [-0.25, -0.2) is 0 Å². The second kappa shape index (κ2) is 6.57. The van der Waals surface area contributed by atoms with E-state index in [0.29, 0.717) is 18.3 Å². The Hall–Kier alpha value is -0.750. The Labute approximate surface area is 131 Å². The molecule has 1 N–H and O–H groups in total. The van der Waals surface area contributed by atoms with E-state index in [1.807, 2.05) is 12.1 Å². The third-order valence-corrected chi connectivity index (χ3v) is 3.98. The van der Waals surface area contributed by atoms with Crippen molar-refractivity contribution in [1.82, 2.24) is 5.32 Å². The summed E-state index contributed by atoms with van der Waals surface area (Å²) < 4.78 is 39.3. The van der Waals surface area contributed by atoms with Crippen LogP contribution in [-0.2, 0) is 6.54 Å². The number of benzene rings is 1. The van der Waals surface area contributed by atoms with Gasteiger partial charge in [-0.2, -0.15) is 13.2 Å². The van der Waals surface area contributed by atoms with Gasteiger partial charge in [-0.1, -0.05) is 22.0 Å². The summed E-state index contributed by atoms with van der Waals surface area (Å²) in [6, 6.07) is 5.84. The van der Waals surface area contributed by atoms with Crippen molar-refractivity contribution < 1.29 is 13.2 Å². The number of halogens is 4.